The van der Waals surface area contributed by atoms with E-state index in [-0.39, 0.29) is 6.61 Å². The van der Waals surface area contributed by atoms with E-state index in [0.717, 1.165) is 12.0 Å². The van der Waals surface area contributed by atoms with Crippen molar-refractivity contribution in [3.8, 4) is 0 Å². The number of ether oxygens (including phenoxy) is 2. The van der Waals surface area contributed by atoms with Gasteiger partial charge in [-0.1, -0.05) is 25.2 Å². The van der Waals surface area contributed by atoms with Crippen molar-refractivity contribution in [2.45, 2.75) is 44.1 Å². The molecule has 1 saturated heterocycles. The van der Waals surface area contributed by atoms with E-state index >= 15 is 0 Å². The Hall–Kier alpha value is -0.760. The van der Waals surface area contributed by atoms with E-state index < -0.39 is 37.3 Å². The van der Waals surface area contributed by atoms with Crippen molar-refractivity contribution in [2.75, 3.05) is 13.2 Å². The summed E-state index contributed by atoms with van der Waals surface area (Å²) in [5, 5.41) is 38.0. The van der Waals surface area contributed by atoms with Crippen LogP contribution in [-0.4, -0.2) is 64.3 Å². The van der Waals surface area contributed by atoms with E-state index in [1.165, 1.54) is 0 Å². The standard InChI is InChI=1S/C14H22O6/c1-8-2-4-9(5-3-8)14-19-7-11(17)13(20-14)12(18)10(16)6-15/h2,4-5,8,10-18H,3,6-7H2,1H3. The van der Waals surface area contributed by atoms with Gasteiger partial charge < -0.3 is 29.9 Å². The Morgan fingerprint density at radius 2 is 2.15 bits per heavy atom. The van der Waals surface area contributed by atoms with Gasteiger partial charge in [0.05, 0.1) is 13.2 Å². The molecule has 0 radical (unpaired) electrons. The lowest BCUT2D eigenvalue weighted by molar-refractivity contribution is -0.265. The highest BCUT2D eigenvalue weighted by molar-refractivity contribution is 5.26. The maximum absolute atomic E-state index is 9.88. The molecule has 6 atom stereocenters. The van der Waals surface area contributed by atoms with Gasteiger partial charge >= 0.3 is 0 Å². The fraction of sp³-hybridized carbons (Fsp3) is 0.714. The van der Waals surface area contributed by atoms with Gasteiger partial charge in [0.1, 0.15) is 24.4 Å². The molecular formula is C14H22O6. The van der Waals surface area contributed by atoms with Crippen molar-refractivity contribution < 1.29 is 29.9 Å². The Morgan fingerprint density at radius 3 is 2.75 bits per heavy atom. The number of hydrogen-bond donors (Lipinski definition) is 4. The van der Waals surface area contributed by atoms with Gasteiger partial charge in [-0.15, -0.1) is 0 Å². The normalized spacial score (nSPS) is 37.4. The van der Waals surface area contributed by atoms with E-state index in [1.807, 2.05) is 18.2 Å². The molecule has 1 heterocycles. The van der Waals surface area contributed by atoms with Gasteiger partial charge in [0, 0.05) is 5.57 Å². The zero-order valence-corrected chi connectivity index (χ0v) is 11.4. The quantitative estimate of drug-likeness (QED) is 0.547. The van der Waals surface area contributed by atoms with Crippen LogP contribution in [0.25, 0.3) is 0 Å². The van der Waals surface area contributed by atoms with E-state index in [2.05, 4.69) is 6.92 Å². The summed E-state index contributed by atoms with van der Waals surface area (Å²) in [4.78, 5) is 0. The predicted molar refractivity (Wildman–Crippen MR) is 70.7 cm³/mol. The first kappa shape index (κ1) is 15.6. The zero-order valence-electron chi connectivity index (χ0n) is 11.4. The molecule has 1 aliphatic heterocycles. The van der Waals surface area contributed by atoms with Crippen LogP contribution in [0.1, 0.15) is 13.3 Å². The first-order chi connectivity index (χ1) is 9.52. The lowest BCUT2D eigenvalue weighted by Crippen LogP contribution is -2.54. The molecule has 2 aliphatic rings. The van der Waals surface area contributed by atoms with E-state index in [0.29, 0.717) is 5.92 Å². The molecule has 6 nitrogen and oxygen atoms in total. The molecule has 0 amide bonds. The molecule has 4 N–H and O–H groups in total. The number of allylic oxidation sites excluding steroid dienone is 2. The van der Waals surface area contributed by atoms with Gasteiger partial charge in [0.25, 0.3) is 0 Å². The molecule has 0 spiro atoms. The first-order valence-corrected chi connectivity index (χ1v) is 6.83. The average Bonchev–Trinajstić information content (AvgIpc) is 2.47. The van der Waals surface area contributed by atoms with Crippen LogP contribution in [0.15, 0.2) is 23.8 Å². The summed E-state index contributed by atoms with van der Waals surface area (Å²) in [7, 11) is 0. The maximum atomic E-state index is 9.88. The van der Waals surface area contributed by atoms with Gasteiger partial charge in [0.15, 0.2) is 6.29 Å². The molecular weight excluding hydrogens is 264 g/mol. The summed E-state index contributed by atoms with van der Waals surface area (Å²) in [6, 6.07) is 0. The van der Waals surface area contributed by atoms with Crippen molar-refractivity contribution in [1.82, 2.24) is 0 Å². The summed E-state index contributed by atoms with van der Waals surface area (Å²) in [5.41, 5.74) is 0.839. The highest BCUT2D eigenvalue weighted by atomic mass is 16.7. The van der Waals surface area contributed by atoms with Crippen LogP contribution < -0.4 is 0 Å². The maximum Gasteiger partial charge on any atom is 0.184 e. The molecule has 0 aromatic heterocycles. The molecule has 1 aliphatic carbocycles. The second-order valence-corrected chi connectivity index (χ2v) is 5.35. The third-order valence-electron chi connectivity index (χ3n) is 3.61. The summed E-state index contributed by atoms with van der Waals surface area (Å²) in [5.74, 6) is 0.463. The molecule has 1 fully saturated rings. The van der Waals surface area contributed by atoms with Crippen LogP contribution in [0.4, 0.5) is 0 Å². The average molecular weight is 286 g/mol. The topological polar surface area (TPSA) is 99.4 Å². The minimum atomic E-state index is -1.37. The van der Waals surface area contributed by atoms with Crippen molar-refractivity contribution in [3.05, 3.63) is 23.8 Å². The number of aliphatic hydroxyl groups excluding tert-OH is 4. The van der Waals surface area contributed by atoms with Crippen LogP contribution in [-0.2, 0) is 9.47 Å². The highest BCUT2D eigenvalue weighted by Gasteiger charge is 2.39. The SMILES string of the molecule is CC1C=CC(C2OCC(O)C(C(O)C(O)CO)O2)=CC1. The molecule has 114 valence electrons. The van der Waals surface area contributed by atoms with Crippen LogP contribution in [0, 0.1) is 5.92 Å². The fourth-order valence-electron chi connectivity index (χ4n) is 2.28. The van der Waals surface area contributed by atoms with Crippen molar-refractivity contribution in [2.24, 2.45) is 5.92 Å². The third kappa shape index (κ3) is 3.46. The van der Waals surface area contributed by atoms with Gasteiger partial charge in [-0.2, -0.15) is 0 Å². The molecule has 6 unspecified atom stereocenters. The molecule has 0 aromatic carbocycles. The highest BCUT2D eigenvalue weighted by Crippen LogP contribution is 2.26. The van der Waals surface area contributed by atoms with Crippen LogP contribution in [0.3, 0.4) is 0 Å². The summed E-state index contributed by atoms with van der Waals surface area (Å²) >= 11 is 0. The predicted octanol–water partition coefficient (Wildman–Crippen LogP) is -0.675. The lowest BCUT2D eigenvalue weighted by Gasteiger charge is -2.38. The second kappa shape index (κ2) is 6.80. The molecule has 0 bridgehead atoms. The van der Waals surface area contributed by atoms with Crippen LogP contribution >= 0.6 is 0 Å². The number of aliphatic hydroxyl groups is 4. The minimum absolute atomic E-state index is 0.00523. The van der Waals surface area contributed by atoms with E-state index in [4.69, 9.17) is 14.6 Å². The Kier molecular flexibility index (Phi) is 5.31. The van der Waals surface area contributed by atoms with Crippen molar-refractivity contribution >= 4 is 0 Å². The number of rotatable bonds is 4. The van der Waals surface area contributed by atoms with Gasteiger partial charge in [-0.05, 0) is 12.3 Å². The Morgan fingerprint density at radius 1 is 1.40 bits per heavy atom. The molecule has 6 heteroatoms. The van der Waals surface area contributed by atoms with Gasteiger partial charge in [-0.25, -0.2) is 0 Å². The van der Waals surface area contributed by atoms with Crippen molar-refractivity contribution in [1.29, 1.82) is 0 Å². The van der Waals surface area contributed by atoms with E-state index in [9.17, 15) is 15.3 Å². The lowest BCUT2D eigenvalue weighted by atomic mass is 9.97. The number of hydrogen-bond acceptors (Lipinski definition) is 6. The summed E-state index contributed by atoms with van der Waals surface area (Å²) in [6.07, 6.45) is 1.39. The van der Waals surface area contributed by atoms with Crippen LogP contribution in [0.5, 0.6) is 0 Å². The Balaban J connectivity index is 2.03. The summed E-state index contributed by atoms with van der Waals surface area (Å²) in [6.45, 7) is 1.50. The third-order valence-corrected chi connectivity index (χ3v) is 3.61. The monoisotopic (exact) mass is 286 g/mol. The minimum Gasteiger partial charge on any atom is -0.394 e. The van der Waals surface area contributed by atoms with Gasteiger partial charge in [0.2, 0.25) is 0 Å². The molecule has 0 aromatic rings. The summed E-state index contributed by atoms with van der Waals surface area (Å²) < 4.78 is 11.0. The largest absolute Gasteiger partial charge is 0.394 e. The van der Waals surface area contributed by atoms with E-state index in [1.54, 1.807) is 0 Å². The van der Waals surface area contributed by atoms with Crippen LogP contribution in [0.2, 0.25) is 0 Å². The zero-order chi connectivity index (χ0) is 14.7. The van der Waals surface area contributed by atoms with Crippen molar-refractivity contribution in [3.63, 3.8) is 0 Å². The second-order valence-electron chi connectivity index (χ2n) is 5.35. The smallest absolute Gasteiger partial charge is 0.184 e. The Bertz CT molecular complexity index is 380. The Labute approximate surface area is 117 Å². The van der Waals surface area contributed by atoms with Gasteiger partial charge in [-0.3, -0.25) is 0 Å². The molecule has 20 heavy (non-hydrogen) atoms. The molecule has 0 saturated carbocycles. The first-order valence-electron chi connectivity index (χ1n) is 6.83. The molecule has 2 rings (SSSR count). The fourth-order valence-corrected chi connectivity index (χ4v) is 2.28.